The Kier molecular flexibility index (Phi) is 6.03. The molecule has 1 amide bonds. The number of ketones is 1. The molecule has 2 aromatic carbocycles. The van der Waals surface area contributed by atoms with Crippen LogP contribution in [0.25, 0.3) is 6.08 Å². The molecule has 0 spiro atoms. The summed E-state index contributed by atoms with van der Waals surface area (Å²) < 4.78 is 34.4. The fraction of sp³-hybridized carbons (Fsp3) is 0.238. The zero-order chi connectivity index (χ0) is 20.1. The third kappa shape index (κ3) is 4.54. The number of hydrogen-bond donors (Lipinski definition) is 0. The molecule has 0 unspecified atom stereocenters. The molecule has 0 bridgehead atoms. The Morgan fingerprint density at radius 3 is 2.50 bits per heavy atom. The second-order valence-electron chi connectivity index (χ2n) is 6.18. The Morgan fingerprint density at radius 1 is 1.14 bits per heavy atom. The standard InChI is InChI=1S/C21H19F2NO4/c1-27-18-11-5-14(13-19(18)28-21(22)23)4-10-17(25)15-6-8-16(9-7-15)24-12-2-3-20(24)26/h4-11,13,21H,2-3,12H2,1H3/b10-4+. The number of nitrogens with zero attached hydrogens (tertiary/aromatic N) is 1. The van der Waals surface area contributed by atoms with E-state index in [1.807, 2.05) is 0 Å². The summed E-state index contributed by atoms with van der Waals surface area (Å²) in [4.78, 5) is 25.8. The van der Waals surface area contributed by atoms with Crippen molar-refractivity contribution in [2.75, 3.05) is 18.6 Å². The number of halogens is 2. The van der Waals surface area contributed by atoms with Gasteiger partial charge >= 0.3 is 6.61 Å². The average Bonchev–Trinajstić information content (AvgIpc) is 3.12. The molecule has 7 heteroatoms. The zero-order valence-corrected chi connectivity index (χ0v) is 15.2. The van der Waals surface area contributed by atoms with Crippen LogP contribution in [-0.2, 0) is 4.79 Å². The number of allylic oxidation sites excluding steroid dienone is 1. The Hall–Kier alpha value is -3.22. The first-order chi connectivity index (χ1) is 13.5. The van der Waals surface area contributed by atoms with E-state index in [0.717, 1.165) is 12.1 Å². The monoisotopic (exact) mass is 387 g/mol. The number of methoxy groups -OCH3 is 1. The van der Waals surface area contributed by atoms with E-state index in [0.29, 0.717) is 24.1 Å². The quantitative estimate of drug-likeness (QED) is 0.525. The second kappa shape index (κ2) is 8.65. The van der Waals surface area contributed by atoms with Crippen molar-refractivity contribution in [1.29, 1.82) is 0 Å². The molecular weight excluding hydrogens is 368 g/mol. The molecule has 3 rings (SSSR count). The van der Waals surface area contributed by atoms with Crippen molar-refractivity contribution in [3.05, 3.63) is 59.7 Å². The highest BCUT2D eigenvalue weighted by Gasteiger charge is 2.21. The summed E-state index contributed by atoms with van der Waals surface area (Å²) in [5, 5.41) is 0. The van der Waals surface area contributed by atoms with E-state index < -0.39 is 6.61 Å². The smallest absolute Gasteiger partial charge is 0.387 e. The van der Waals surface area contributed by atoms with E-state index in [-0.39, 0.29) is 23.2 Å². The molecule has 146 valence electrons. The van der Waals surface area contributed by atoms with Crippen LogP contribution in [0.1, 0.15) is 28.8 Å². The van der Waals surface area contributed by atoms with E-state index in [1.54, 1.807) is 35.2 Å². The van der Waals surface area contributed by atoms with Gasteiger partial charge in [-0.25, -0.2) is 0 Å². The van der Waals surface area contributed by atoms with Crippen LogP contribution in [-0.4, -0.2) is 32.0 Å². The highest BCUT2D eigenvalue weighted by atomic mass is 19.3. The molecule has 28 heavy (non-hydrogen) atoms. The molecule has 1 aliphatic heterocycles. The fourth-order valence-corrected chi connectivity index (χ4v) is 2.98. The van der Waals surface area contributed by atoms with Crippen molar-refractivity contribution in [3.8, 4) is 11.5 Å². The first kappa shape index (κ1) is 19.5. The van der Waals surface area contributed by atoms with Gasteiger partial charge in [-0.3, -0.25) is 9.59 Å². The Morgan fingerprint density at radius 2 is 1.89 bits per heavy atom. The van der Waals surface area contributed by atoms with Crippen LogP contribution in [0.4, 0.5) is 14.5 Å². The summed E-state index contributed by atoms with van der Waals surface area (Å²) in [5.74, 6) is -0.0886. The molecule has 5 nitrogen and oxygen atoms in total. The van der Waals surface area contributed by atoms with Crippen molar-refractivity contribution in [1.82, 2.24) is 0 Å². The van der Waals surface area contributed by atoms with Crippen LogP contribution in [0.3, 0.4) is 0 Å². The van der Waals surface area contributed by atoms with Crippen molar-refractivity contribution >= 4 is 23.5 Å². The van der Waals surface area contributed by atoms with Crippen molar-refractivity contribution in [3.63, 3.8) is 0 Å². The molecule has 1 aliphatic rings. The molecule has 0 atom stereocenters. The lowest BCUT2D eigenvalue weighted by Gasteiger charge is -2.15. The average molecular weight is 387 g/mol. The summed E-state index contributed by atoms with van der Waals surface area (Å²) in [6, 6.07) is 11.3. The van der Waals surface area contributed by atoms with Gasteiger partial charge in [0, 0.05) is 24.2 Å². The Bertz CT molecular complexity index is 894. The SMILES string of the molecule is COc1ccc(/C=C/C(=O)c2ccc(N3CCCC3=O)cc2)cc1OC(F)F. The number of carbonyl (C=O) groups is 2. The van der Waals surface area contributed by atoms with Gasteiger partial charge in [-0.15, -0.1) is 0 Å². The van der Waals surface area contributed by atoms with Crippen LogP contribution >= 0.6 is 0 Å². The Balaban J connectivity index is 1.72. The predicted molar refractivity (Wildman–Crippen MR) is 101 cm³/mol. The lowest BCUT2D eigenvalue weighted by atomic mass is 10.1. The molecule has 0 saturated carbocycles. The first-order valence-corrected chi connectivity index (χ1v) is 8.73. The predicted octanol–water partition coefficient (Wildman–Crippen LogP) is 4.32. The molecule has 0 N–H and O–H groups in total. The fourth-order valence-electron chi connectivity index (χ4n) is 2.98. The van der Waals surface area contributed by atoms with E-state index in [2.05, 4.69) is 4.74 Å². The van der Waals surface area contributed by atoms with Gasteiger partial charge in [-0.2, -0.15) is 8.78 Å². The van der Waals surface area contributed by atoms with Crippen LogP contribution in [0.15, 0.2) is 48.5 Å². The third-order valence-corrected chi connectivity index (χ3v) is 4.37. The van der Waals surface area contributed by atoms with Gasteiger partial charge in [-0.05, 0) is 54.5 Å². The van der Waals surface area contributed by atoms with Gasteiger partial charge in [0.25, 0.3) is 0 Å². The number of alkyl halides is 2. The molecule has 1 saturated heterocycles. The topological polar surface area (TPSA) is 55.8 Å². The van der Waals surface area contributed by atoms with Crippen molar-refractivity contribution in [2.24, 2.45) is 0 Å². The Labute approximate surface area is 161 Å². The van der Waals surface area contributed by atoms with Crippen LogP contribution < -0.4 is 14.4 Å². The third-order valence-electron chi connectivity index (χ3n) is 4.37. The molecular formula is C21H19F2NO4. The maximum absolute atomic E-state index is 12.5. The lowest BCUT2D eigenvalue weighted by Crippen LogP contribution is -2.23. The number of benzene rings is 2. The molecule has 0 aliphatic carbocycles. The summed E-state index contributed by atoms with van der Waals surface area (Å²) in [7, 11) is 1.35. The highest BCUT2D eigenvalue weighted by Crippen LogP contribution is 2.30. The van der Waals surface area contributed by atoms with E-state index in [1.165, 1.54) is 31.4 Å². The molecule has 1 heterocycles. The molecule has 1 fully saturated rings. The van der Waals surface area contributed by atoms with Gasteiger partial charge in [0.15, 0.2) is 17.3 Å². The number of ether oxygens (including phenoxy) is 2. The molecule has 2 aromatic rings. The number of carbonyl (C=O) groups excluding carboxylic acids is 2. The van der Waals surface area contributed by atoms with Gasteiger partial charge in [0.05, 0.1) is 7.11 Å². The van der Waals surface area contributed by atoms with E-state index in [4.69, 9.17) is 4.74 Å². The summed E-state index contributed by atoms with van der Waals surface area (Å²) in [6.07, 6.45) is 4.24. The minimum absolute atomic E-state index is 0.0836. The number of hydrogen-bond acceptors (Lipinski definition) is 4. The number of amides is 1. The minimum atomic E-state index is -2.98. The van der Waals surface area contributed by atoms with Crippen molar-refractivity contribution in [2.45, 2.75) is 19.5 Å². The number of anilines is 1. The van der Waals surface area contributed by atoms with E-state index in [9.17, 15) is 18.4 Å². The summed E-state index contributed by atoms with van der Waals surface area (Å²) >= 11 is 0. The molecule has 0 radical (unpaired) electrons. The number of rotatable bonds is 7. The molecule has 0 aromatic heterocycles. The summed E-state index contributed by atoms with van der Waals surface area (Å²) in [6.45, 7) is -2.29. The van der Waals surface area contributed by atoms with Crippen molar-refractivity contribution < 1.29 is 27.8 Å². The van der Waals surface area contributed by atoms with Gasteiger partial charge in [-0.1, -0.05) is 12.1 Å². The summed E-state index contributed by atoms with van der Waals surface area (Å²) in [5.41, 5.74) is 1.75. The van der Waals surface area contributed by atoms with Crippen LogP contribution in [0.5, 0.6) is 11.5 Å². The minimum Gasteiger partial charge on any atom is -0.493 e. The van der Waals surface area contributed by atoms with Crippen LogP contribution in [0.2, 0.25) is 0 Å². The maximum Gasteiger partial charge on any atom is 0.387 e. The van der Waals surface area contributed by atoms with Crippen LogP contribution in [0, 0.1) is 0 Å². The van der Waals surface area contributed by atoms with E-state index >= 15 is 0 Å². The maximum atomic E-state index is 12.5. The largest absolute Gasteiger partial charge is 0.493 e. The normalized spacial score (nSPS) is 14.1. The highest BCUT2D eigenvalue weighted by molar-refractivity contribution is 6.07. The van der Waals surface area contributed by atoms with Gasteiger partial charge in [0.1, 0.15) is 0 Å². The lowest BCUT2D eigenvalue weighted by molar-refractivity contribution is -0.117. The zero-order valence-electron chi connectivity index (χ0n) is 15.2. The first-order valence-electron chi connectivity index (χ1n) is 8.73. The van der Waals surface area contributed by atoms with Gasteiger partial charge in [0.2, 0.25) is 5.91 Å². The second-order valence-corrected chi connectivity index (χ2v) is 6.18. The van der Waals surface area contributed by atoms with Gasteiger partial charge < -0.3 is 14.4 Å².